The molecule has 0 fully saturated rings. The molecular formula is C7H4BrClF3N. The topological polar surface area (TPSA) is 26.0 Å². The molecule has 1 aromatic rings. The molecule has 1 aromatic carbocycles. The molecule has 72 valence electrons. The van der Waals surface area contributed by atoms with Crippen LogP contribution in [0.15, 0.2) is 16.6 Å². The third-order valence-electron chi connectivity index (χ3n) is 1.38. The van der Waals surface area contributed by atoms with E-state index in [0.29, 0.717) is 0 Å². The molecule has 1 rings (SSSR count). The van der Waals surface area contributed by atoms with Crippen LogP contribution >= 0.6 is 27.5 Å². The molecule has 0 bridgehead atoms. The predicted octanol–water partition coefficient (Wildman–Crippen LogP) is 3.70. The van der Waals surface area contributed by atoms with Crippen molar-refractivity contribution in [3.8, 4) is 0 Å². The molecule has 0 aliphatic rings. The Labute approximate surface area is 85.8 Å². The van der Waals surface area contributed by atoms with Crippen molar-refractivity contribution in [1.29, 1.82) is 0 Å². The number of alkyl halides is 3. The minimum Gasteiger partial charge on any atom is -0.397 e. The summed E-state index contributed by atoms with van der Waals surface area (Å²) in [4.78, 5) is 0. The highest BCUT2D eigenvalue weighted by Gasteiger charge is 2.31. The van der Waals surface area contributed by atoms with Crippen LogP contribution in [-0.4, -0.2) is 0 Å². The molecule has 0 atom stereocenters. The van der Waals surface area contributed by atoms with E-state index in [2.05, 4.69) is 15.9 Å². The molecule has 6 heteroatoms. The largest absolute Gasteiger partial charge is 0.416 e. The maximum absolute atomic E-state index is 12.2. The number of nitrogen functional groups attached to an aromatic ring is 1. The smallest absolute Gasteiger partial charge is 0.397 e. The van der Waals surface area contributed by atoms with E-state index in [9.17, 15) is 13.2 Å². The maximum atomic E-state index is 12.2. The van der Waals surface area contributed by atoms with E-state index in [4.69, 9.17) is 17.3 Å². The van der Waals surface area contributed by atoms with Gasteiger partial charge in [-0.1, -0.05) is 11.6 Å². The molecule has 0 unspecified atom stereocenters. The zero-order chi connectivity index (χ0) is 10.2. The summed E-state index contributed by atoms with van der Waals surface area (Å²) in [5, 5.41) is 0.0907. The minimum absolute atomic E-state index is 0.0907. The van der Waals surface area contributed by atoms with Gasteiger partial charge in [-0.15, -0.1) is 0 Å². The van der Waals surface area contributed by atoms with Crippen LogP contribution in [0.4, 0.5) is 18.9 Å². The summed E-state index contributed by atoms with van der Waals surface area (Å²) < 4.78 is 36.6. The Morgan fingerprint density at radius 3 is 2.23 bits per heavy atom. The van der Waals surface area contributed by atoms with E-state index in [1.54, 1.807) is 0 Å². The van der Waals surface area contributed by atoms with Gasteiger partial charge in [-0.3, -0.25) is 0 Å². The van der Waals surface area contributed by atoms with Crippen LogP contribution in [0.2, 0.25) is 5.02 Å². The fourth-order valence-corrected chi connectivity index (χ4v) is 1.36. The first-order valence-electron chi connectivity index (χ1n) is 3.14. The highest BCUT2D eigenvalue weighted by atomic mass is 79.9. The monoisotopic (exact) mass is 273 g/mol. The second kappa shape index (κ2) is 3.38. The SMILES string of the molecule is Nc1cc(C(F)(F)F)cc(Br)c1Cl. The van der Waals surface area contributed by atoms with Crippen LogP contribution in [0.3, 0.4) is 0 Å². The second-order valence-corrected chi connectivity index (χ2v) is 3.59. The van der Waals surface area contributed by atoms with Gasteiger partial charge < -0.3 is 5.73 Å². The van der Waals surface area contributed by atoms with Crippen LogP contribution in [-0.2, 0) is 6.18 Å². The summed E-state index contributed by atoms with van der Waals surface area (Å²) in [7, 11) is 0. The molecule has 0 radical (unpaired) electrons. The Morgan fingerprint density at radius 2 is 1.85 bits per heavy atom. The van der Waals surface area contributed by atoms with E-state index < -0.39 is 11.7 Å². The van der Waals surface area contributed by atoms with Crippen molar-refractivity contribution in [2.45, 2.75) is 6.18 Å². The molecular weight excluding hydrogens is 270 g/mol. The highest BCUT2D eigenvalue weighted by molar-refractivity contribution is 9.10. The average molecular weight is 274 g/mol. The average Bonchev–Trinajstić information content (AvgIpc) is 1.97. The van der Waals surface area contributed by atoms with E-state index in [1.807, 2.05) is 0 Å². The summed E-state index contributed by atoms with van der Waals surface area (Å²) in [6, 6.07) is 1.69. The number of benzene rings is 1. The third-order valence-corrected chi connectivity index (χ3v) is 2.66. The Balaban J connectivity index is 3.29. The number of halogens is 5. The fraction of sp³-hybridized carbons (Fsp3) is 0.143. The summed E-state index contributed by atoms with van der Waals surface area (Å²) in [6.07, 6.45) is -4.40. The molecule has 0 aliphatic heterocycles. The van der Waals surface area contributed by atoms with Gasteiger partial charge in [0.15, 0.2) is 0 Å². The van der Waals surface area contributed by atoms with Crippen molar-refractivity contribution in [3.63, 3.8) is 0 Å². The van der Waals surface area contributed by atoms with Gasteiger partial charge in [0.2, 0.25) is 0 Å². The van der Waals surface area contributed by atoms with Gasteiger partial charge in [-0.05, 0) is 28.1 Å². The van der Waals surface area contributed by atoms with Crippen molar-refractivity contribution >= 4 is 33.2 Å². The number of anilines is 1. The van der Waals surface area contributed by atoms with Gasteiger partial charge in [0.05, 0.1) is 16.3 Å². The van der Waals surface area contributed by atoms with Gasteiger partial charge in [-0.25, -0.2) is 0 Å². The Bertz CT molecular complexity index is 314. The molecule has 0 saturated carbocycles. The van der Waals surface area contributed by atoms with Gasteiger partial charge in [0.25, 0.3) is 0 Å². The van der Waals surface area contributed by atoms with E-state index in [0.717, 1.165) is 12.1 Å². The first-order chi connectivity index (χ1) is 5.82. The Hall–Kier alpha value is -0.420. The maximum Gasteiger partial charge on any atom is 0.416 e. The van der Waals surface area contributed by atoms with Crippen LogP contribution < -0.4 is 5.73 Å². The van der Waals surface area contributed by atoms with Crippen LogP contribution in [0.5, 0.6) is 0 Å². The van der Waals surface area contributed by atoms with E-state index >= 15 is 0 Å². The van der Waals surface area contributed by atoms with Gasteiger partial charge in [0.1, 0.15) is 0 Å². The molecule has 0 saturated heterocycles. The van der Waals surface area contributed by atoms with Crippen molar-refractivity contribution < 1.29 is 13.2 Å². The van der Waals surface area contributed by atoms with Gasteiger partial charge in [0, 0.05) is 4.47 Å². The summed E-state index contributed by atoms with van der Waals surface area (Å²) in [5.41, 5.74) is 4.34. The molecule has 0 amide bonds. The number of hydrogen-bond acceptors (Lipinski definition) is 1. The first kappa shape index (κ1) is 10.7. The number of nitrogens with two attached hydrogens (primary N) is 1. The van der Waals surface area contributed by atoms with Crippen molar-refractivity contribution in [3.05, 3.63) is 27.2 Å². The fourth-order valence-electron chi connectivity index (χ4n) is 0.774. The molecule has 0 aromatic heterocycles. The Morgan fingerprint density at radius 1 is 1.31 bits per heavy atom. The standard InChI is InChI=1S/C7H4BrClF3N/c8-4-1-3(7(10,11)12)2-5(13)6(4)9/h1-2H,13H2. The quantitative estimate of drug-likeness (QED) is 0.717. The van der Waals surface area contributed by atoms with Crippen LogP contribution in [0.1, 0.15) is 5.56 Å². The lowest BCUT2D eigenvalue weighted by Crippen LogP contribution is -2.05. The van der Waals surface area contributed by atoms with Crippen LogP contribution in [0.25, 0.3) is 0 Å². The number of hydrogen-bond donors (Lipinski definition) is 1. The zero-order valence-electron chi connectivity index (χ0n) is 6.12. The van der Waals surface area contributed by atoms with Crippen molar-refractivity contribution in [2.75, 3.05) is 5.73 Å². The normalized spacial score (nSPS) is 11.8. The summed E-state index contributed by atoms with van der Waals surface area (Å²) >= 11 is 8.44. The minimum atomic E-state index is -4.40. The van der Waals surface area contributed by atoms with E-state index in [-0.39, 0.29) is 15.2 Å². The molecule has 2 N–H and O–H groups in total. The summed E-state index contributed by atoms with van der Waals surface area (Å²) in [5.74, 6) is 0. The van der Waals surface area contributed by atoms with Gasteiger partial charge in [-0.2, -0.15) is 13.2 Å². The van der Waals surface area contributed by atoms with Crippen LogP contribution in [0, 0.1) is 0 Å². The lowest BCUT2D eigenvalue weighted by atomic mass is 10.2. The zero-order valence-corrected chi connectivity index (χ0v) is 8.46. The number of rotatable bonds is 0. The lowest BCUT2D eigenvalue weighted by Gasteiger charge is -2.09. The molecule has 13 heavy (non-hydrogen) atoms. The van der Waals surface area contributed by atoms with Crippen molar-refractivity contribution in [1.82, 2.24) is 0 Å². The molecule has 0 spiro atoms. The van der Waals surface area contributed by atoms with E-state index in [1.165, 1.54) is 0 Å². The molecule has 0 heterocycles. The highest BCUT2D eigenvalue weighted by Crippen LogP contribution is 2.37. The molecule has 1 nitrogen and oxygen atoms in total. The third kappa shape index (κ3) is 2.28. The lowest BCUT2D eigenvalue weighted by molar-refractivity contribution is -0.137. The second-order valence-electron chi connectivity index (χ2n) is 2.36. The predicted molar refractivity (Wildman–Crippen MR) is 48.6 cm³/mol. The first-order valence-corrected chi connectivity index (χ1v) is 4.31. The van der Waals surface area contributed by atoms with Crippen molar-refractivity contribution in [2.24, 2.45) is 0 Å². The Kier molecular flexibility index (Phi) is 2.77. The van der Waals surface area contributed by atoms with Gasteiger partial charge >= 0.3 is 6.18 Å². The molecule has 0 aliphatic carbocycles. The summed E-state index contributed by atoms with van der Waals surface area (Å²) in [6.45, 7) is 0.